The van der Waals surface area contributed by atoms with Gasteiger partial charge in [-0.15, -0.1) is 0 Å². The van der Waals surface area contributed by atoms with Gasteiger partial charge >= 0.3 is 6.09 Å². The van der Waals surface area contributed by atoms with E-state index in [1.807, 2.05) is 25.7 Å². The van der Waals surface area contributed by atoms with E-state index in [0.717, 1.165) is 38.6 Å². The number of amides is 1. The van der Waals surface area contributed by atoms with Crippen LogP contribution in [-0.2, 0) is 4.74 Å². The first-order valence-electron chi connectivity index (χ1n) is 8.99. The van der Waals surface area contributed by atoms with Gasteiger partial charge in [0.25, 0.3) is 0 Å². The van der Waals surface area contributed by atoms with Crippen molar-refractivity contribution in [2.75, 3.05) is 6.54 Å². The fourth-order valence-corrected chi connectivity index (χ4v) is 4.15. The summed E-state index contributed by atoms with van der Waals surface area (Å²) in [6.07, 6.45) is 7.06. The molecule has 1 amide bonds. The summed E-state index contributed by atoms with van der Waals surface area (Å²) in [4.78, 5) is 14.3. The Morgan fingerprint density at radius 3 is 2.64 bits per heavy atom. The second-order valence-corrected chi connectivity index (χ2v) is 8.08. The van der Waals surface area contributed by atoms with Crippen LogP contribution in [0.15, 0.2) is 0 Å². The van der Waals surface area contributed by atoms with E-state index >= 15 is 0 Å². The minimum atomic E-state index is -0.458. The maximum absolute atomic E-state index is 12.4. The van der Waals surface area contributed by atoms with Crippen LogP contribution in [0, 0.1) is 11.8 Å². The Bertz CT molecular complexity index is 377. The Kier molecular flexibility index (Phi) is 5.76. The van der Waals surface area contributed by atoms with Crippen molar-refractivity contribution in [3.8, 4) is 0 Å². The molecule has 0 aromatic carbocycles. The molecule has 1 aliphatic carbocycles. The number of aliphatic hydroxyl groups is 1. The number of hydrogen-bond donors (Lipinski definition) is 1. The molecule has 4 nitrogen and oxygen atoms in total. The standard InChI is InChI=1S/C18H33NO3/c1-5-7-13-9-10-16(20)14(12-13)15-8-6-11-19(15)17(21)22-18(2,3)4/h13-16,20H,5-12H2,1-4H3. The molecule has 2 rings (SSSR count). The number of hydrogen-bond acceptors (Lipinski definition) is 3. The molecule has 1 saturated heterocycles. The van der Waals surface area contributed by atoms with Crippen LogP contribution in [0.5, 0.6) is 0 Å². The number of carbonyl (C=O) groups excluding carboxylic acids is 1. The Morgan fingerprint density at radius 2 is 2.00 bits per heavy atom. The molecule has 1 saturated carbocycles. The van der Waals surface area contributed by atoms with Gasteiger partial charge in [-0.2, -0.15) is 0 Å². The number of ether oxygens (including phenoxy) is 1. The molecule has 4 atom stereocenters. The average Bonchev–Trinajstić information content (AvgIpc) is 2.88. The second kappa shape index (κ2) is 7.20. The van der Waals surface area contributed by atoms with Gasteiger partial charge in [0.2, 0.25) is 0 Å². The summed E-state index contributed by atoms with van der Waals surface area (Å²) in [5, 5.41) is 10.5. The Labute approximate surface area is 135 Å². The molecule has 0 radical (unpaired) electrons. The van der Waals surface area contributed by atoms with Crippen LogP contribution in [0.3, 0.4) is 0 Å². The third-order valence-corrected chi connectivity index (χ3v) is 5.09. The van der Waals surface area contributed by atoms with Crippen molar-refractivity contribution in [2.45, 2.75) is 90.4 Å². The minimum absolute atomic E-state index is 0.157. The molecule has 1 heterocycles. The summed E-state index contributed by atoms with van der Waals surface area (Å²) in [5.41, 5.74) is -0.458. The Balaban J connectivity index is 2.03. The van der Waals surface area contributed by atoms with Crippen LogP contribution in [0.25, 0.3) is 0 Å². The third-order valence-electron chi connectivity index (χ3n) is 5.09. The monoisotopic (exact) mass is 311 g/mol. The van der Waals surface area contributed by atoms with Gasteiger partial charge in [0.05, 0.1) is 6.10 Å². The molecule has 2 aliphatic rings. The minimum Gasteiger partial charge on any atom is -0.444 e. The highest BCUT2D eigenvalue weighted by molar-refractivity contribution is 5.69. The highest BCUT2D eigenvalue weighted by Crippen LogP contribution is 2.39. The summed E-state index contributed by atoms with van der Waals surface area (Å²) >= 11 is 0. The van der Waals surface area contributed by atoms with E-state index in [4.69, 9.17) is 4.74 Å². The molecule has 0 aromatic heterocycles. The zero-order valence-corrected chi connectivity index (χ0v) is 14.7. The quantitative estimate of drug-likeness (QED) is 0.858. The van der Waals surface area contributed by atoms with Gasteiger partial charge in [-0.1, -0.05) is 19.8 Å². The van der Waals surface area contributed by atoms with E-state index in [0.29, 0.717) is 5.92 Å². The highest BCUT2D eigenvalue weighted by atomic mass is 16.6. The van der Waals surface area contributed by atoms with Crippen LogP contribution in [0.1, 0.15) is 72.6 Å². The van der Waals surface area contributed by atoms with Crippen molar-refractivity contribution in [2.24, 2.45) is 11.8 Å². The largest absolute Gasteiger partial charge is 0.444 e. The van der Waals surface area contributed by atoms with Crippen LogP contribution in [0.2, 0.25) is 0 Å². The van der Waals surface area contributed by atoms with Crippen LogP contribution < -0.4 is 0 Å². The summed E-state index contributed by atoms with van der Waals surface area (Å²) < 4.78 is 5.56. The number of nitrogens with zero attached hydrogens (tertiary/aromatic N) is 1. The van der Waals surface area contributed by atoms with Gasteiger partial charge < -0.3 is 14.7 Å². The fourth-order valence-electron chi connectivity index (χ4n) is 4.15. The summed E-state index contributed by atoms with van der Waals surface area (Å²) in [7, 11) is 0. The van der Waals surface area contributed by atoms with Crippen LogP contribution in [-0.4, -0.2) is 40.4 Å². The molecular formula is C18H33NO3. The van der Waals surface area contributed by atoms with Crippen molar-refractivity contribution < 1.29 is 14.6 Å². The van der Waals surface area contributed by atoms with E-state index in [1.165, 1.54) is 12.8 Å². The third kappa shape index (κ3) is 4.37. The number of likely N-dealkylation sites (tertiary alicyclic amines) is 1. The Hall–Kier alpha value is -0.770. The van der Waals surface area contributed by atoms with Gasteiger partial charge in [0.1, 0.15) is 5.60 Å². The van der Waals surface area contributed by atoms with Crippen molar-refractivity contribution in [1.82, 2.24) is 4.90 Å². The van der Waals surface area contributed by atoms with E-state index < -0.39 is 5.60 Å². The molecule has 1 aliphatic heterocycles. The topological polar surface area (TPSA) is 49.8 Å². The molecule has 1 N–H and O–H groups in total. The SMILES string of the molecule is CCCC1CCC(O)C(C2CCCN2C(=O)OC(C)(C)C)C1. The predicted octanol–water partition coefficient (Wildman–Crippen LogP) is 3.96. The highest BCUT2D eigenvalue weighted by Gasteiger charge is 2.42. The first-order chi connectivity index (χ1) is 10.3. The molecule has 0 spiro atoms. The van der Waals surface area contributed by atoms with Gasteiger partial charge in [-0.05, 0) is 58.8 Å². The fraction of sp³-hybridized carbons (Fsp3) is 0.944. The first-order valence-corrected chi connectivity index (χ1v) is 8.99. The van der Waals surface area contributed by atoms with E-state index in [-0.39, 0.29) is 24.2 Å². The van der Waals surface area contributed by atoms with Gasteiger partial charge in [0.15, 0.2) is 0 Å². The molecular weight excluding hydrogens is 278 g/mol. The Morgan fingerprint density at radius 1 is 1.27 bits per heavy atom. The van der Waals surface area contributed by atoms with Gasteiger partial charge in [-0.3, -0.25) is 0 Å². The van der Waals surface area contributed by atoms with Gasteiger partial charge in [0, 0.05) is 18.5 Å². The first kappa shape index (κ1) is 17.6. The number of rotatable bonds is 3. The molecule has 128 valence electrons. The molecule has 0 aromatic rings. The molecule has 4 unspecified atom stereocenters. The molecule has 0 bridgehead atoms. The lowest BCUT2D eigenvalue weighted by Gasteiger charge is -2.40. The number of carbonyl (C=O) groups is 1. The molecule has 4 heteroatoms. The van der Waals surface area contributed by atoms with Crippen molar-refractivity contribution >= 4 is 6.09 Å². The van der Waals surface area contributed by atoms with Crippen molar-refractivity contribution in [3.63, 3.8) is 0 Å². The summed E-state index contributed by atoms with van der Waals surface area (Å²) in [5.74, 6) is 0.930. The number of aliphatic hydroxyl groups excluding tert-OH is 1. The lowest BCUT2D eigenvalue weighted by molar-refractivity contribution is -0.0148. The van der Waals surface area contributed by atoms with Crippen molar-refractivity contribution in [3.05, 3.63) is 0 Å². The molecule has 22 heavy (non-hydrogen) atoms. The van der Waals surface area contributed by atoms with Gasteiger partial charge in [-0.25, -0.2) is 4.79 Å². The van der Waals surface area contributed by atoms with Crippen LogP contribution in [0.4, 0.5) is 4.79 Å². The van der Waals surface area contributed by atoms with E-state index in [9.17, 15) is 9.90 Å². The zero-order valence-electron chi connectivity index (χ0n) is 14.7. The lowest BCUT2D eigenvalue weighted by Crippen LogP contribution is -2.47. The second-order valence-electron chi connectivity index (χ2n) is 8.08. The van der Waals surface area contributed by atoms with Crippen molar-refractivity contribution in [1.29, 1.82) is 0 Å². The molecule has 2 fully saturated rings. The average molecular weight is 311 g/mol. The maximum Gasteiger partial charge on any atom is 0.410 e. The summed E-state index contributed by atoms with van der Waals surface area (Å²) in [6.45, 7) is 8.71. The zero-order chi connectivity index (χ0) is 16.3. The normalized spacial score (nSPS) is 33.0. The van der Waals surface area contributed by atoms with Crippen LogP contribution >= 0.6 is 0 Å². The summed E-state index contributed by atoms with van der Waals surface area (Å²) in [6, 6.07) is 0.157. The predicted molar refractivity (Wildman–Crippen MR) is 87.7 cm³/mol. The maximum atomic E-state index is 12.4. The smallest absolute Gasteiger partial charge is 0.410 e. The lowest BCUT2D eigenvalue weighted by atomic mass is 9.74. The van der Waals surface area contributed by atoms with E-state index in [1.54, 1.807) is 0 Å². The van der Waals surface area contributed by atoms with E-state index in [2.05, 4.69) is 6.92 Å².